The van der Waals surface area contributed by atoms with Crippen LogP contribution in [0.1, 0.15) is 20.8 Å². The monoisotopic (exact) mass is 293 g/mol. The van der Waals surface area contributed by atoms with Gasteiger partial charge >= 0.3 is 5.97 Å². The second kappa shape index (κ2) is 5.66. The maximum atomic E-state index is 11.0. The number of hydrogen-bond acceptors (Lipinski definition) is 6. The molecule has 7 nitrogen and oxygen atoms in total. The highest BCUT2D eigenvalue weighted by Gasteiger charge is 2.18. The van der Waals surface area contributed by atoms with Crippen LogP contribution in [-0.2, 0) is 6.54 Å². The summed E-state index contributed by atoms with van der Waals surface area (Å²) in [6.45, 7) is 2.02. The topological polar surface area (TPSA) is 105 Å². The molecule has 104 valence electrons. The Hall–Kier alpha value is -2.48. The fourth-order valence-corrected chi connectivity index (χ4v) is 2.24. The lowest BCUT2D eigenvalue weighted by Crippen LogP contribution is -2.06. The van der Waals surface area contributed by atoms with E-state index < -0.39 is 10.9 Å². The number of carboxylic acid groups (broad SMARTS) is 1. The third kappa shape index (κ3) is 2.91. The number of nitro benzene ring substituents is 1. The molecule has 2 rings (SSSR count). The number of nitrogens with one attached hydrogen (secondary N) is 1. The van der Waals surface area contributed by atoms with Crippen LogP contribution in [0.15, 0.2) is 23.8 Å². The van der Waals surface area contributed by atoms with Crippen LogP contribution in [0.5, 0.6) is 0 Å². The Labute approximate surface area is 118 Å². The molecule has 0 fully saturated rings. The molecule has 0 amide bonds. The van der Waals surface area contributed by atoms with Gasteiger partial charge in [0.05, 0.1) is 22.5 Å². The lowest BCUT2D eigenvalue weighted by Gasteiger charge is -2.10. The number of aromatic carboxylic acids is 1. The molecule has 8 heteroatoms. The minimum atomic E-state index is -1.20. The van der Waals surface area contributed by atoms with Crippen molar-refractivity contribution in [1.29, 1.82) is 0 Å². The number of thiazole rings is 1. The molecular weight excluding hydrogens is 282 g/mol. The van der Waals surface area contributed by atoms with Crippen molar-refractivity contribution >= 4 is 28.7 Å². The Morgan fingerprint density at radius 2 is 2.30 bits per heavy atom. The van der Waals surface area contributed by atoms with Gasteiger partial charge in [-0.15, -0.1) is 11.3 Å². The van der Waals surface area contributed by atoms with Gasteiger partial charge < -0.3 is 10.4 Å². The first kappa shape index (κ1) is 13.9. The summed E-state index contributed by atoms with van der Waals surface area (Å²) in [6.07, 6.45) is 1.68. The van der Waals surface area contributed by atoms with Crippen molar-refractivity contribution in [2.45, 2.75) is 13.5 Å². The molecule has 0 aliphatic rings. The quantitative estimate of drug-likeness (QED) is 0.648. The predicted octanol–water partition coefficient (Wildman–Crippen LogP) is 2.67. The fourth-order valence-electron chi connectivity index (χ4n) is 1.71. The highest BCUT2D eigenvalue weighted by molar-refractivity contribution is 7.09. The molecule has 0 spiro atoms. The summed E-state index contributed by atoms with van der Waals surface area (Å²) in [5.41, 5.74) is 2.19. The molecule has 0 aliphatic heterocycles. The molecular formula is C12H11N3O4S. The molecule has 2 aromatic rings. The normalized spacial score (nSPS) is 10.2. The zero-order valence-corrected chi connectivity index (χ0v) is 11.3. The van der Waals surface area contributed by atoms with Gasteiger partial charge in [0.1, 0.15) is 0 Å². The van der Waals surface area contributed by atoms with Crippen molar-refractivity contribution < 1.29 is 14.8 Å². The summed E-state index contributed by atoms with van der Waals surface area (Å²) in [5, 5.41) is 23.0. The maximum absolute atomic E-state index is 11.0. The number of hydrogen-bond donors (Lipinski definition) is 2. The minimum Gasteiger partial charge on any atom is -0.478 e. The third-order valence-corrected chi connectivity index (χ3v) is 3.54. The van der Waals surface area contributed by atoms with Crippen molar-refractivity contribution in [1.82, 2.24) is 4.98 Å². The number of nitro groups is 1. The van der Waals surface area contributed by atoms with Gasteiger partial charge in [0.25, 0.3) is 5.69 Å². The second-order valence-electron chi connectivity index (χ2n) is 4.05. The first-order chi connectivity index (χ1) is 9.49. The van der Waals surface area contributed by atoms with Crippen molar-refractivity contribution in [2.24, 2.45) is 0 Å². The second-order valence-corrected chi connectivity index (χ2v) is 5.02. The number of carbonyl (C=O) groups is 1. The van der Waals surface area contributed by atoms with Crippen LogP contribution in [0.25, 0.3) is 0 Å². The van der Waals surface area contributed by atoms with E-state index in [2.05, 4.69) is 10.3 Å². The van der Waals surface area contributed by atoms with Crippen LogP contribution in [0, 0.1) is 17.0 Å². The molecule has 1 aromatic carbocycles. The fraction of sp³-hybridized carbons (Fsp3) is 0.167. The first-order valence-corrected chi connectivity index (χ1v) is 6.50. The van der Waals surface area contributed by atoms with Gasteiger partial charge in [-0.3, -0.25) is 15.1 Å². The average Bonchev–Trinajstić information content (AvgIpc) is 2.90. The van der Waals surface area contributed by atoms with E-state index in [1.54, 1.807) is 18.6 Å². The van der Waals surface area contributed by atoms with E-state index in [9.17, 15) is 14.9 Å². The van der Waals surface area contributed by atoms with Gasteiger partial charge in [-0.1, -0.05) is 0 Å². The Balaban J connectivity index is 2.35. The molecule has 0 aliphatic carbocycles. The van der Waals surface area contributed by atoms with Crippen LogP contribution in [0.2, 0.25) is 0 Å². The number of anilines is 1. The molecule has 20 heavy (non-hydrogen) atoms. The smallest absolute Gasteiger partial charge is 0.336 e. The number of benzene rings is 1. The molecule has 0 unspecified atom stereocenters. The summed E-state index contributed by atoms with van der Waals surface area (Å²) in [7, 11) is 0. The van der Waals surface area contributed by atoms with Crippen molar-refractivity contribution in [3.8, 4) is 0 Å². The molecule has 0 saturated heterocycles. The van der Waals surface area contributed by atoms with Crippen LogP contribution >= 0.6 is 11.3 Å². The van der Waals surface area contributed by atoms with Gasteiger partial charge in [-0.25, -0.2) is 4.79 Å². The molecule has 0 saturated carbocycles. The van der Waals surface area contributed by atoms with Gasteiger partial charge in [-0.05, 0) is 13.0 Å². The minimum absolute atomic E-state index is 0.117. The van der Waals surface area contributed by atoms with E-state index in [1.165, 1.54) is 17.4 Å². The summed E-state index contributed by atoms with van der Waals surface area (Å²) in [4.78, 5) is 26.3. The zero-order chi connectivity index (χ0) is 14.7. The largest absolute Gasteiger partial charge is 0.478 e. The molecule has 0 bridgehead atoms. The highest BCUT2D eigenvalue weighted by atomic mass is 32.1. The van der Waals surface area contributed by atoms with E-state index in [4.69, 9.17) is 5.11 Å². The van der Waals surface area contributed by atoms with Gasteiger partial charge in [-0.2, -0.15) is 0 Å². The number of aromatic nitrogens is 1. The molecule has 2 N–H and O–H groups in total. The van der Waals surface area contributed by atoms with Gasteiger partial charge in [0, 0.05) is 28.4 Å². The lowest BCUT2D eigenvalue weighted by molar-refractivity contribution is -0.385. The van der Waals surface area contributed by atoms with Crippen molar-refractivity contribution in [2.75, 3.05) is 5.32 Å². The van der Waals surface area contributed by atoms with E-state index in [0.717, 1.165) is 10.9 Å². The van der Waals surface area contributed by atoms with Crippen molar-refractivity contribution in [3.05, 3.63) is 50.0 Å². The van der Waals surface area contributed by atoms with E-state index in [1.807, 2.05) is 0 Å². The van der Waals surface area contributed by atoms with Crippen LogP contribution in [0.4, 0.5) is 11.4 Å². The van der Waals surface area contributed by atoms with Crippen molar-refractivity contribution in [3.63, 3.8) is 0 Å². The lowest BCUT2D eigenvalue weighted by atomic mass is 10.1. The Kier molecular flexibility index (Phi) is 3.94. The summed E-state index contributed by atoms with van der Waals surface area (Å²) >= 11 is 1.45. The average molecular weight is 293 g/mol. The number of nitrogens with zero attached hydrogens (tertiary/aromatic N) is 2. The van der Waals surface area contributed by atoms with Gasteiger partial charge in [0.15, 0.2) is 0 Å². The highest BCUT2D eigenvalue weighted by Crippen LogP contribution is 2.28. The van der Waals surface area contributed by atoms with Gasteiger partial charge in [0.2, 0.25) is 0 Å². The number of carboxylic acids is 1. The number of rotatable bonds is 5. The zero-order valence-electron chi connectivity index (χ0n) is 10.5. The summed E-state index contributed by atoms with van der Waals surface area (Å²) in [5.74, 6) is -1.20. The molecule has 1 heterocycles. The first-order valence-electron chi connectivity index (χ1n) is 5.62. The summed E-state index contributed by atoms with van der Waals surface area (Å²) in [6, 6.07) is 2.46. The molecule has 1 aromatic heterocycles. The Morgan fingerprint density at radius 1 is 1.55 bits per heavy atom. The Morgan fingerprint density at radius 3 is 2.85 bits per heavy atom. The predicted molar refractivity (Wildman–Crippen MR) is 74.2 cm³/mol. The standard InChI is InChI=1S/C12H11N3O4S/c1-7-10(14-5-9-4-13-6-20-9)2-8(12(16)17)3-11(7)15(18)19/h2-4,6,14H,5H2,1H3,(H,16,17). The van der Waals surface area contributed by atoms with Crippen LogP contribution in [-0.4, -0.2) is 21.0 Å². The third-order valence-electron chi connectivity index (χ3n) is 2.76. The Bertz CT molecular complexity index is 655. The van der Waals surface area contributed by atoms with E-state index in [-0.39, 0.29) is 11.3 Å². The van der Waals surface area contributed by atoms with E-state index in [0.29, 0.717) is 17.8 Å². The van der Waals surface area contributed by atoms with Crippen LogP contribution < -0.4 is 5.32 Å². The SMILES string of the molecule is Cc1c(NCc2cncs2)cc(C(=O)O)cc1[N+](=O)[O-]. The molecule has 0 atom stereocenters. The summed E-state index contributed by atoms with van der Waals surface area (Å²) < 4.78 is 0. The molecule has 0 radical (unpaired) electrons. The van der Waals surface area contributed by atoms with E-state index >= 15 is 0 Å². The maximum Gasteiger partial charge on any atom is 0.336 e. The van der Waals surface area contributed by atoms with Crippen LogP contribution in [0.3, 0.4) is 0 Å².